The number of fused-ring (bicyclic) bond motifs is 1. The van der Waals surface area contributed by atoms with Gasteiger partial charge < -0.3 is 10.1 Å². The minimum absolute atomic E-state index is 0.00166. The van der Waals surface area contributed by atoms with Gasteiger partial charge in [0.1, 0.15) is 6.61 Å². The van der Waals surface area contributed by atoms with Crippen molar-refractivity contribution in [3.63, 3.8) is 0 Å². The van der Waals surface area contributed by atoms with Crippen LogP contribution >= 0.6 is 0 Å². The Balaban J connectivity index is 1.38. The van der Waals surface area contributed by atoms with E-state index < -0.39 is 28.6 Å². The van der Waals surface area contributed by atoms with Gasteiger partial charge in [0.25, 0.3) is 23.4 Å². The number of hydrogen-bond acceptors (Lipinski definition) is 7. The molecule has 10 heteroatoms. The van der Waals surface area contributed by atoms with E-state index in [0.29, 0.717) is 11.1 Å². The first-order valence-electron chi connectivity index (χ1n) is 9.02. The van der Waals surface area contributed by atoms with Crippen molar-refractivity contribution >= 4 is 29.4 Å². The lowest BCUT2D eigenvalue weighted by Gasteiger charge is -2.13. The Morgan fingerprint density at radius 3 is 2.17 bits per heavy atom. The van der Waals surface area contributed by atoms with Crippen LogP contribution in [0.1, 0.15) is 37.5 Å². The number of rotatable bonds is 8. The lowest BCUT2D eigenvalue weighted by atomic mass is 10.1. The summed E-state index contributed by atoms with van der Waals surface area (Å²) in [4.78, 5) is 59.2. The number of amides is 3. The van der Waals surface area contributed by atoms with Crippen molar-refractivity contribution in [1.82, 2.24) is 10.2 Å². The smallest absolute Gasteiger partial charge is 0.307 e. The number of nitrogens with zero attached hydrogens (tertiary/aromatic N) is 2. The second-order valence-corrected chi connectivity index (χ2v) is 6.34. The van der Waals surface area contributed by atoms with Crippen LogP contribution in [0, 0.1) is 10.1 Å². The van der Waals surface area contributed by atoms with E-state index in [2.05, 4.69) is 5.32 Å². The standard InChI is InChI=1S/C20H17N3O7/c24-17(9-10-21-18(25)13-5-7-14(8-6-13)23(28)29)30-12-11-22-19(26)15-3-1-2-4-16(15)20(22)27/h1-8H,9-12H2,(H,21,25). The molecule has 1 aliphatic rings. The number of nitro groups is 1. The topological polar surface area (TPSA) is 136 Å². The first-order chi connectivity index (χ1) is 14.4. The highest BCUT2D eigenvalue weighted by Crippen LogP contribution is 2.21. The number of esters is 1. The fraction of sp³-hybridized carbons (Fsp3) is 0.200. The van der Waals surface area contributed by atoms with Crippen molar-refractivity contribution in [2.75, 3.05) is 19.7 Å². The van der Waals surface area contributed by atoms with E-state index in [1.54, 1.807) is 24.3 Å². The lowest BCUT2D eigenvalue weighted by molar-refractivity contribution is -0.384. The maximum absolute atomic E-state index is 12.2. The van der Waals surface area contributed by atoms with E-state index in [9.17, 15) is 29.3 Å². The molecule has 0 aliphatic carbocycles. The van der Waals surface area contributed by atoms with Crippen LogP contribution in [0.5, 0.6) is 0 Å². The van der Waals surface area contributed by atoms with E-state index in [4.69, 9.17) is 4.74 Å². The third-order valence-corrected chi connectivity index (χ3v) is 4.41. The maximum Gasteiger partial charge on any atom is 0.307 e. The third-order valence-electron chi connectivity index (χ3n) is 4.41. The van der Waals surface area contributed by atoms with E-state index in [-0.39, 0.29) is 37.4 Å². The zero-order valence-corrected chi connectivity index (χ0v) is 15.7. The van der Waals surface area contributed by atoms with Crippen LogP contribution in [0.3, 0.4) is 0 Å². The van der Waals surface area contributed by atoms with Gasteiger partial charge in [-0.1, -0.05) is 12.1 Å². The molecule has 3 amide bonds. The average Bonchev–Trinajstić information content (AvgIpc) is 2.99. The summed E-state index contributed by atoms with van der Waals surface area (Å²) >= 11 is 0. The number of carbonyl (C=O) groups is 4. The highest BCUT2D eigenvalue weighted by Gasteiger charge is 2.34. The molecule has 0 atom stereocenters. The maximum atomic E-state index is 12.2. The quantitative estimate of drug-likeness (QED) is 0.301. The second kappa shape index (κ2) is 8.95. The molecule has 0 spiro atoms. The van der Waals surface area contributed by atoms with Gasteiger partial charge in [0.05, 0.1) is 29.0 Å². The number of benzene rings is 2. The summed E-state index contributed by atoms with van der Waals surface area (Å²) in [5.74, 6) is -1.94. The largest absolute Gasteiger partial charge is 0.464 e. The molecule has 10 nitrogen and oxygen atoms in total. The summed E-state index contributed by atoms with van der Waals surface area (Å²) in [6, 6.07) is 11.5. The van der Waals surface area contributed by atoms with Crippen molar-refractivity contribution in [3.05, 3.63) is 75.3 Å². The van der Waals surface area contributed by atoms with Crippen LogP contribution in [0.25, 0.3) is 0 Å². The summed E-state index contributed by atoms with van der Waals surface area (Å²) in [6.07, 6.45) is -0.110. The fourth-order valence-corrected chi connectivity index (χ4v) is 2.88. The normalized spacial score (nSPS) is 12.5. The lowest BCUT2D eigenvalue weighted by Crippen LogP contribution is -2.33. The minimum Gasteiger partial charge on any atom is -0.464 e. The van der Waals surface area contributed by atoms with Crippen LogP contribution in [-0.2, 0) is 9.53 Å². The molecule has 154 valence electrons. The number of carbonyl (C=O) groups excluding carboxylic acids is 4. The van der Waals surface area contributed by atoms with Gasteiger partial charge in [-0.25, -0.2) is 0 Å². The minimum atomic E-state index is -0.601. The van der Waals surface area contributed by atoms with Crippen molar-refractivity contribution < 1.29 is 28.8 Å². The third kappa shape index (κ3) is 4.49. The summed E-state index contributed by atoms with van der Waals surface area (Å²) in [6.45, 7) is -0.213. The molecule has 0 unspecified atom stereocenters. The summed E-state index contributed by atoms with van der Waals surface area (Å²) in [5.41, 5.74) is 0.735. The Morgan fingerprint density at radius 1 is 1.00 bits per heavy atom. The predicted molar refractivity (Wildman–Crippen MR) is 103 cm³/mol. The van der Waals surface area contributed by atoms with Gasteiger partial charge in [0.2, 0.25) is 0 Å². The molecule has 0 aromatic heterocycles. The molecular weight excluding hydrogens is 394 g/mol. The van der Waals surface area contributed by atoms with Crippen molar-refractivity contribution in [3.8, 4) is 0 Å². The predicted octanol–water partition coefficient (Wildman–Crippen LogP) is 1.55. The highest BCUT2D eigenvalue weighted by atomic mass is 16.6. The zero-order valence-electron chi connectivity index (χ0n) is 15.7. The molecule has 0 fully saturated rings. The first kappa shape index (κ1) is 20.6. The van der Waals surface area contributed by atoms with Crippen LogP contribution < -0.4 is 5.32 Å². The molecule has 3 rings (SSSR count). The molecule has 0 radical (unpaired) electrons. The molecule has 1 heterocycles. The Kier molecular flexibility index (Phi) is 6.16. The van der Waals surface area contributed by atoms with Gasteiger partial charge in [-0.05, 0) is 24.3 Å². The molecule has 30 heavy (non-hydrogen) atoms. The van der Waals surface area contributed by atoms with Crippen LogP contribution in [0.15, 0.2) is 48.5 Å². The monoisotopic (exact) mass is 411 g/mol. The molecule has 2 aromatic carbocycles. The summed E-state index contributed by atoms with van der Waals surface area (Å²) in [5, 5.41) is 13.1. The first-order valence-corrected chi connectivity index (χ1v) is 9.02. The zero-order chi connectivity index (χ0) is 21.7. The van der Waals surface area contributed by atoms with Crippen molar-refractivity contribution in [2.24, 2.45) is 0 Å². The second-order valence-electron chi connectivity index (χ2n) is 6.34. The number of imide groups is 1. The van der Waals surface area contributed by atoms with E-state index in [1.807, 2.05) is 0 Å². The molecule has 1 aliphatic heterocycles. The number of ether oxygens (including phenoxy) is 1. The van der Waals surface area contributed by atoms with Gasteiger partial charge in [-0.15, -0.1) is 0 Å². The number of hydrogen-bond donors (Lipinski definition) is 1. The number of non-ortho nitro benzene ring substituents is 1. The van der Waals surface area contributed by atoms with Gasteiger partial charge in [0.15, 0.2) is 0 Å². The van der Waals surface area contributed by atoms with Gasteiger partial charge in [-0.2, -0.15) is 0 Å². The van der Waals surface area contributed by atoms with Crippen LogP contribution in [0.4, 0.5) is 5.69 Å². The van der Waals surface area contributed by atoms with Crippen molar-refractivity contribution in [2.45, 2.75) is 6.42 Å². The molecular formula is C20H17N3O7. The molecule has 0 saturated carbocycles. The van der Waals surface area contributed by atoms with Crippen LogP contribution in [0.2, 0.25) is 0 Å². The Morgan fingerprint density at radius 2 is 1.60 bits per heavy atom. The highest BCUT2D eigenvalue weighted by molar-refractivity contribution is 6.21. The molecule has 2 aromatic rings. The average molecular weight is 411 g/mol. The molecule has 0 saturated heterocycles. The van der Waals surface area contributed by atoms with Gasteiger partial charge >= 0.3 is 5.97 Å². The molecule has 1 N–H and O–H groups in total. The van der Waals surface area contributed by atoms with E-state index in [1.165, 1.54) is 24.3 Å². The summed E-state index contributed by atoms with van der Waals surface area (Å²) in [7, 11) is 0. The summed E-state index contributed by atoms with van der Waals surface area (Å²) < 4.78 is 5.02. The SMILES string of the molecule is O=C(CCNC(=O)c1ccc([N+](=O)[O-])cc1)OCCN1C(=O)c2ccccc2C1=O. The Hall–Kier alpha value is -4.08. The number of nitrogens with one attached hydrogen (secondary N) is 1. The van der Waals surface area contributed by atoms with Crippen LogP contribution in [-0.4, -0.2) is 53.2 Å². The molecule has 0 bridgehead atoms. The van der Waals surface area contributed by atoms with E-state index in [0.717, 1.165) is 4.90 Å². The van der Waals surface area contributed by atoms with Gasteiger partial charge in [-0.3, -0.25) is 34.2 Å². The van der Waals surface area contributed by atoms with E-state index >= 15 is 0 Å². The number of nitro benzene ring substituents is 1. The van der Waals surface area contributed by atoms with Gasteiger partial charge in [0, 0.05) is 24.2 Å². The fourth-order valence-electron chi connectivity index (χ4n) is 2.88. The Bertz CT molecular complexity index is 982. The Labute approximate surface area is 170 Å². The van der Waals surface area contributed by atoms with Crippen molar-refractivity contribution in [1.29, 1.82) is 0 Å².